The molecule has 0 saturated carbocycles. The zero-order valence-corrected chi connectivity index (χ0v) is 9.67. The summed E-state index contributed by atoms with van der Waals surface area (Å²) in [5.41, 5.74) is 0.764. The van der Waals surface area contributed by atoms with E-state index >= 15 is 0 Å². The maximum absolute atomic E-state index is 12.0. The van der Waals surface area contributed by atoms with Crippen LogP contribution in [0, 0.1) is 0 Å². The molecule has 100 valence electrons. The van der Waals surface area contributed by atoms with Crippen LogP contribution in [0.1, 0.15) is 12.8 Å². The van der Waals surface area contributed by atoms with Crippen LogP contribution in [0.4, 0.5) is 18.9 Å². The molecule has 0 aliphatic carbocycles. The topological polar surface area (TPSA) is 30.5 Å². The minimum Gasteiger partial charge on any atom is -0.406 e. The average molecular weight is 261 g/mol. The van der Waals surface area contributed by atoms with Crippen LogP contribution in [-0.4, -0.2) is 25.6 Å². The zero-order chi connectivity index (χ0) is 13.0. The molecule has 1 aromatic rings. The molecule has 1 aliphatic heterocycles. The van der Waals surface area contributed by atoms with Crippen molar-refractivity contribution in [2.24, 2.45) is 0 Å². The van der Waals surface area contributed by atoms with Crippen molar-refractivity contribution in [3.8, 4) is 5.75 Å². The minimum atomic E-state index is -4.65. The summed E-state index contributed by atoms with van der Waals surface area (Å²) in [6.07, 6.45) is -2.65. The van der Waals surface area contributed by atoms with Gasteiger partial charge in [0.25, 0.3) is 0 Å². The Labute approximate surface area is 103 Å². The number of nitrogens with one attached hydrogen (secondary N) is 1. The molecule has 1 unspecified atom stereocenters. The van der Waals surface area contributed by atoms with Crippen molar-refractivity contribution in [2.75, 3.05) is 18.5 Å². The molecule has 2 rings (SSSR count). The van der Waals surface area contributed by atoms with Crippen LogP contribution in [0.3, 0.4) is 0 Å². The van der Waals surface area contributed by atoms with Gasteiger partial charge in [-0.1, -0.05) is 0 Å². The summed E-state index contributed by atoms with van der Waals surface area (Å²) < 4.78 is 45.0. The van der Waals surface area contributed by atoms with Gasteiger partial charge in [0.15, 0.2) is 0 Å². The SMILES string of the molecule is FC(F)(F)Oc1ccc(NC2CCCOC2)cc1. The van der Waals surface area contributed by atoms with E-state index in [0.29, 0.717) is 6.61 Å². The number of benzene rings is 1. The van der Waals surface area contributed by atoms with Crippen LogP contribution in [-0.2, 0) is 4.74 Å². The predicted octanol–water partition coefficient (Wildman–Crippen LogP) is 3.18. The molecule has 18 heavy (non-hydrogen) atoms. The summed E-state index contributed by atoms with van der Waals surface area (Å²) >= 11 is 0. The average Bonchev–Trinajstić information content (AvgIpc) is 2.31. The summed E-state index contributed by atoms with van der Waals surface area (Å²) in [6.45, 7) is 1.40. The first-order valence-corrected chi connectivity index (χ1v) is 5.73. The van der Waals surface area contributed by atoms with Crippen LogP contribution in [0.25, 0.3) is 0 Å². The van der Waals surface area contributed by atoms with Crippen molar-refractivity contribution in [3.05, 3.63) is 24.3 Å². The standard InChI is InChI=1S/C12H14F3NO2/c13-12(14,15)18-11-5-3-9(4-6-11)16-10-2-1-7-17-8-10/h3-6,10,16H,1-2,7-8H2. The Morgan fingerprint density at radius 3 is 2.50 bits per heavy atom. The predicted molar refractivity (Wildman–Crippen MR) is 60.6 cm³/mol. The minimum absolute atomic E-state index is 0.215. The fourth-order valence-corrected chi connectivity index (χ4v) is 1.84. The van der Waals surface area contributed by atoms with E-state index in [2.05, 4.69) is 10.1 Å². The van der Waals surface area contributed by atoms with Gasteiger partial charge in [-0.3, -0.25) is 0 Å². The molecule has 0 amide bonds. The van der Waals surface area contributed by atoms with Gasteiger partial charge in [-0.2, -0.15) is 0 Å². The van der Waals surface area contributed by atoms with Gasteiger partial charge in [-0.25, -0.2) is 0 Å². The summed E-state index contributed by atoms with van der Waals surface area (Å²) in [6, 6.07) is 5.93. The lowest BCUT2D eigenvalue weighted by molar-refractivity contribution is -0.274. The van der Waals surface area contributed by atoms with Gasteiger partial charge in [0.2, 0.25) is 0 Å². The third-order valence-corrected chi connectivity index (χ3v) is 2.62. The largest absolute Gasteiger partial charge is 0.573 e. The molecule has 1 N–H and O–H groups in total. The summed E-state index contributed by atoms with van der Waals surface area (Å²) in [5, 5.41) is 3.21. The normalized spacial score (nSPS) is 20.5. The molecular weight excluding hydrogens is 247 g/mol. The summed E-state index contributed by atoms with van der Waals surface area (Å²) in [7, 11) is 0. The first-order chi connectivity index (χ1) is 8.53. The Kier molecular flexibility index (Phi) is 3.96. The maximum atomic E-state index is 12.0. The second-order valence-corrected chi connectivity index (χ2v) is 4.13. The highest BCUT2D eigenvalue weighted by Gasteiger charge is 2.30. The highest BCUT2D eigenvalue weighted by Crippen LogP contribution is 2.24. The van der Waals surface area contributed by atoms with Crippen LogP contribution in [0.5, 0.6) is 5.75 Å². The summed E-state index contributed by atoms with van der Waals surface area (Å²) in [5.74, 6) is -0.215. The van der Waals surface area contributed by atoms with Gasteiger partial charge in [0.1, 0.15) is 5.75 Å². The lowest BCUT2D eigenvalue weighted by Gasteiger charge is -2.24. The van der Waals surface area contributed by atoms with Crippen LogP contribution in [0.2, 0.25) is 0 Å². The van der Waals surface area contributed by atoms with E-state index in [1.54, 1.807) is 12.1 Å². The van der Waals surface area contributed by atoms with Gasteiger partial charge in [-0.15, -0.1) is 13.2 Å². The third kappa shape index (κ3) is 4.10. The van der Waals surface area contributed by atoms with Crippen molar-refractivity contribution >= 4 is 5.69 Å². The van der Waals surface area contributed by atoms with Crippen LogP contribution in [0.15, 0.2) is 24.3 Å². The zero-order valence-electron chi connectivity index (χ0n) is 9.67. The molecule has 1 atom stereocenters. The number of alkyl halides is 3. The Morgan fingerprint density at radius 2 is 1.94 bits per heavy atom. The van der Waals surface area contributed by atoms with Gasteiger partial charge in [0, 0.05) is 18.3 Å². The van der Waals surface area contributed by atoms with E-state index in [-0.39, 0.29) is 11.8 Å². The number of ether oxygens (including phenoxy) is 2. The van der Waals surface area contributed by atoms with Crippen LogP contribution < -0.4 is 10.1 Å². The number of halogens is 3. The second-order valence-electron chi connectivity index (χ2n) is 4.13. The fraction of sp³-hybridized carbons (Fsp3) is 0.500. The number of hydrogen-bond donors (Lipinski definition) is 1. The molecule has 0 bridgehead atoms. The smallest absolute Gasteiger partial charge is 0.406 e. The highest BCUT2D eigenvalue weighted by molar-refractivity contribution is 5.47. The number of hydrogen-bond acceptors (Lipinski definition) is 3. The van der Waals surface area contributed by atoms with E-state index in [1.807, 2.05) is 0 Å². The van der Waals surface area contributed by atoms with Gasteiger partial charge >= 0.3 is 6.36 Å². The van der Waals surface area contributed by atoms with Crippen LogP contribution >= 0.6 is 0 Å². The molecule has 1 aromatic carbocycles. The first kappa shape index (κ1) is 13.0. The summed E-state index contributed by atoms with van der Waals surface area (Å²) in [4.78, 5) is 0. The van der Waals surface area contributed by atoms with Crippen molar-refractivity contribution in [1.82, 2.24) is 0 Å². The molecule has 0 aromatic heterocycles. The van der Waals surface area contributed by atoms with E-state index in [4.69, 9.17) is 4.74 Å². The van der Waals surface area contributed by atoms with Crippen molar-refractivity contribution in [3.63, 3.8) is 0 Å². The van der Waals surface area contributed by atoms with E-state index < -0.39 is 6.36 Å². The van der Waals surface area contributed by atoms with E-state index in [0.717, 1.165) is 25.1 Å². The van der Waals surface area contributed by atoms with Gasteiger partial charge in [-0.05, 0) is 37.1 Å². The quantitative estimate of drug-likeness (QED) is 0.906. The Morgan fingerprint density at radius 1 is 1.22 bits per heavy atom. The van der Waals surface area contributed by atoms with E-state index in [1.165, 1.54) is 12.1 Å². The number of rotatable bonds is 3. The molecule has 3 nitrogen and oxygen atoms in total. The Balaban J connectivity index is 1.90. The van der Waals surface area contributed by atoms with Gasteiger partial charge < -0.3 is 14.8 Å². The van der Waals surface area contributed by atoms with Gasteiger partial charge in [0.05, 0.1) is 6.61 Å². The second kappa shape index (κ2) is 5.48. The molecule has 1 fully saturated rings. The molecule has 1 aliphatic rings. The molecular formula is C12H14F3NO2. The van der Waals surface area contributed by atoms with E-state index in [9.17, 15) is 13.2 Å². The van der Waals surface area contributed by atoms with Crippen molar-refractivity contribution in [2.45, 2.75) is 25.2 Å². The fourth-order valence-electron chi connectivity index (χ4n) is 1.84. The molecule has 0 spiro atoms. The molecule has 0 radical (unpaired) electrons. The third-order valence-electron chi connectivity index (χ3n) is 2.62. The maximum Gasteiger partial charge on any atom is 0.573 e. The van der Waals surface area contributed by atoms with Crippen molar-refractivity contribution in [1.29, 1.82) is 0 Å². The molecule has 1 saturated heterocycles. The molecule has 6 heteroatoms. The highest BCUT2D eigenvalue weighted by atomic mass is 19.4. The molecule has 1 heterocycles. The Hall–Kier alpha value is -1.43. The number of anilines is 1. The lowest BCUT2D eigenvalue weighted by Crippen LogP contribution is -2.29. The van der Waals surface area contributed by atoms with Crippen molar-refractivity contribution < 1.29 is 22.6 Å². The monoisotopic (exact) mass is 261 g/mol. The lowest BCUT2D eigenvalue weighted by atomic mass is 10.1. The first-order valence-electron chi connectivity index (χ1n) is 5.73. The Bertz CT molecular complexity index is 372.